The number of aryl methyl sites for hydroxylation is 2. The van der Waals surface area contributed by atoms with Gasteiger partial charge in [-0.3, -0.25) is 9.36 Å². The van der Waals surface area contributed by atoms with Crippen molar-refractivity contribution in [3.05, 3.63) is 55.9 Å². The Morgan fingerprint density at radius 3 is 2.46 bits per heavy atom. The molecule has 26 heavy (non-hydrogen) atoms. The second kappa shape index (κ2) is 6.39. The van der Waals surface area contributed by atoms with E-state index in [2.05, 4.69) is 4.98 Å². The fourth-order valence-corrected chi connectivity index (χ4v) is 4.78. The van der Waals surface area contributed by atoms with Gasteiger partial charge in [-0.05, 0) is 55.5 Å². The largest absolute Gasteiger partial charge is 0.450 e. The van der Waals surface area contributed by atoms with Gasteiger partial charge in [0, 0.05) is 9.90 Å². The predicted molar refractivity (Wildman–Crippen MR) is 96.5 cm³/mol. The molecule has 0 unspecified atom stereocenters. The summed E-state index contributed by atoms with van der Waals surface area (Å²) in [6.45, 7) is 0. The third kappa shape index (κ3) is 2.93. The van der Waals surface area contributed by atoms with Crippen LogP contribution in [0.25, 0.3) is 15.9 Å². The summed E-state index contributed by atoms with van der Waals surface area (Å²) in [5, 5.41) is 0.712. The highest BCUT2D eigenvalue weighted by atomic mass is 35.5. The maximum Gasteiger partial charge on any atom is 0.450 e. The fraction of sp³-hybridized carbons (Fsp3) is 0.333. The number of halogens is 4. The van der Waals surface area contributed by atoms with Crippen LogP contribution in [-0.4, -0.2) is 9.55 Å². The molecule has 1 aromatic carbocycles. The first kappa shape index (κ1) is 17.5. The smallest absolute Gasteiger partial charge is 0.268 e. The zero-order valence-corrected chi connectivity index (χ0v) is 15.1. The van der Waals surface area contributed by atoms with Gasteiger partial charge in [-0.1, -0.05) is 18.0 Å². The van der Waals surface area contributed by atoms with Crippen molar-refractivity contribution < 1.29 is 13.2 Å². The molecule has 1 aliphatic rings. The molecule has 8 heteroatoms. The summed E-state index contributed by atoms with van der Waals surface area (Å²) in [7, 11) is 0. The molecule has 0 atom stereocenters. The molecule has 0 aliphatic heterocycles. The molecule has 136 valence electrons. The van der Waals surface area contributed by atoms with Gasteiger partial charge >= 0.3 is 6.18 Å². The van der Waals surface area contributed by atoms with Crippen LogP contribution < -0.4 is 5.56 Å². The summed E-state index contributed by atoms with van der Waals surface area (Å²) in [6, 6.07) is 5.72. The predicted octanol–water partition coefficient (Wildman–Crippen LogP) is 5.39. The van der Waals surface area contributed by atoms with Gasteiger partial charge < -0.3 is 0 Å². The van der Waals surface area contributed by atoms with Crippen LogP contribution in [0.2, 0.25) is 5.02 Å². The van der Waals surface area contributed by atoms with E-state index in [0.717, 1.165) is 36.1 Å². The number of benzene rings is 1. The second-order valence-electron chi connectivity index (χ2n) is 6.29. The van der Waals surface area contributed by atoms with E-state index in [-0.39, 0.29) is 10.5 Å². The van der Waals surface area contributed by atoms with Crippen molar-refractivity contribution in [1.29, 1.82) is 0 Å². The number of nitrogens with zero attached hydrogens (tertiary/aromatic N) is 2. The minimum absolute atomic E-state index is 0.106. The monoisotopic (exact) mass is 398 g/mol. The summed E-state index contributed by atoms with van der Waals surface area (Å²) in [5.41, 5.74) is 0.315. The van der Waals surface area contributed by atoms with E-state index >= 15 is 0 Å². The first-order valence-corrected chi connectivity index (χ1v) is 9.46. The zero-order valence-electron chi connectivity index (χ0n) is 13.6. The Labute approximate surface area is 156 Å². The van der Waals surface area contributed by atoms with E-state index < -0.39 is 17.6 Å². The molecule has 0 N–H and O–H groups in total. The molecular formula is C18H14ClF3N2OS. The Balaban J connectivity index is 2.07. The average molecular weight is 399 g/mol. The molecule has 3 aromatic rings. The van der Waals surface area contributed by atoms with Crippen LogP contribution in [0, 0.1) is 0 Å². The molecule has 0 fully saturated rings. The lowest BCUT2D eigenvalue weighted by Crippen LogP contribution is -2.28. The third-order valence-corrected chi connectivity index (χ3v) is 6.01. The van der Waals surface area contributed by atoms with Crippen LogP contribution in [0.3, 0.4) is 0 Å². The van der Waals surface area contributed by atoms with Crippen LogP contribution in [0.5, 0.6) is 0 Å². The molecular weight excluding hydrogens is 385 g/mol. The van der Waals surface area contributed by atoms with Gasteiger partial charge in [0.15, 0.2) is 0 Å². The van der Waals surface area contributed by atoms with Crippen molar-refractivity contribution in [2.75, 3.05) is 0 Å². The van der Waals surface area contributed by atoms with Gasteiger partial charge in [-0.2, -0.15) is 13.2 Å². The lowest BCUT2D eigenvalue weighted by atomic mass is 10.1. The number of aromatic nitrogens is 2. The molecule has 2 heterocycles. The minimum Gasteiger partial charge on any atom is -0.268 e. The topological polar surface area (TPSA) is 34.9 Å². The summed E-state index contributed by atoms with van der Waals surface area (Å²) >= 11 is 7.05. The Kier molecular flexibility index (Phi) is 4.31. The maximum atomic E-state index is 13.6. The number of rotatable bonds is 1. The maximum absolute atomic E-state index is 13.6. The van der Waals surface area contributed by atoms with Crippen molar-refractivity contribution in [3.63, 3.8) is 0 Å². The Bertz CT molecular complexity index is 1040. The number of thiophene rings is 1. The number of fused-ring (bicyclic) bond motifs is 3. The van der Waals surface area contributed by atoms with Crippen LogP contribution >= 0.6 is 22.9 Å². The highest BCUT2D eigenvalue weighted by molar-refractivity contribution is 7.18. The first-order chi connectivity index (χ1) is 12.4. The van der Waals surface area contributed by atoms with Crippen molar-refractivity contribution in [3.8, 4) is 5.69 Å². The van der Waals surface area contributed by atoms with Gasteiger partial charge in [-0.15, -0.1) is 11.3 Å². The highest BCUT2D eigenvalue weighted by Gasteiger charge is 2.38. The molecule has 0 radical (unpaired) electrons. The van der Waals surface area contributed by atoms with E-state index in [9.17, 15) is 18.0 Å². The van der Waals surface area contributed by atoms with Gasteiger partial charge in [0.1, 0.15) is 4.83 Å². The molecule has 0 saturated carbocycles. The standard InChI is InChI=1S/C18H14ClF3N2OS/c19-10-6-8-11(9-7-10)24-16(25)14-12-4-2-1-3-5-13(12)26-15(14)23-17(24)18(20,21)22/h6-9H,1-5H2. The molecule has 3 nitrogen and oxygen atoms in total. The van der Waals surface area contributed by atoms with E-state index in [1.54, 1.807) is 0 Å². The lowest BCUT2D eigenvalue weighted by Gasteiger charge is -2.15. The number of hydrogen-bond acceptors (Lipinski definition) is 3. The van der Waals surface area contributed by atoms with E-state index in [1.165, 1.54) is 35.6 Å². The van der Waals surface area contributed by atoms with E-state index in [0.29, 0.717) is 21.4 Å². The van der Waals surface area contributed by atoms with Gasteiger partial charge in [-0.25, -0.2) is 4.98 Å². The molecule has 1 aliphatic carbocycles. The zero-order chi connectivity index (χ0) is 18.5. The van der Waals surface area contributed by atoms with Crippen LogP contribution in [-0.2, 0) is 19.0 Å². The van der Waals surface area contributed by atoms with Crippen LogP contribution in [0.1, 0.15) is 35.5 Å². The Morgan fingerprint density at radius 2 is 1.77 bits per heavy atom. The summed E-state index contributed by atoms with van der Waals surface area (Å²) in [5.74, 6) is -1.20. The molecule has 0 spiro atoms. The van der Waals surface area contributed by atoms with Gasteiger partial charge in [0.2, 0.25) is 5.82 Å². The molecule has 0 bridgehead atoms. The molecule has 0 saturated heterocycles. The number of alkyl halides is 3. The van der Waals surface area contributed by atoms with Crippen molar-refractivity contribution in [2.24, 2.45) is 0 Å². The van der Waals surface area contributed by atoms with Gasteiger partial charge in [0.25, 0.3) is 5.56 Å². The van der Waals surface area contributed by atoms with Crippen molar-refractivity contribution >= 4 is 33.2 Å². The normalized spacial score (nSPS) is 15.1. The molecule has 2 aromatic heterocycles. The molecule has 4 rings (SSSR count). The van der Waals surface area contributed by atoms with E-state index in [4.69, 9.17) is 11.6 Å². The highest BCUT2D eigenvalue weighted by Crippen LogP contribution is 2.36. The van der Waals surface area contributed by atoms with Crippen molar-refractivity contribution in [2.45, 2.75) is 38.3 Å². The minimum atomic E-state index is -4.74. The summed E-state index contributed by atoms with van der Waals surface area (Å²) in [4.78, 5) is 18.2. The lowest BCUT2D eigenvalue weighted by molar-refractivity contribution is -0.146. The summed E-state index contributed by atoms with van der Waals surface area (Å²) < 4.78 is 41.5. The Hall–Kier alpha value is -1.86. The van der Waals surface area contributed by atoms with Crippen molar-refractivity contribution in [1.82, 2.24) is 9.55 Å². The third-order valence-electron chi connectivity index (χ3n) is 4.58. The van der Waals surface area contributed by atoms with Crippen LogP contribution in [0.15, 0.2) is 29.1 Å². The Morgan fingerprint density at radius 1 is 1.08 bits per heavy atom. The van der Waals surface area contributed by atoms with E-state index in [1.807, 2.05) is 0 Å². The SMILES string of the molecule is O=c1c2c3c(sc2nc(C(F)(F)F)n1-c1ccc(Cl)cc1)CCCCC3. The number of hydrogen-bond donors (Lipinski definition) is 0. The summed E-state index contributed by atoms with van der Waals surface area (Å²) in [6.07, 6.45) is -0.273. The quantitative estimate of drug-likeness (QED) is 0.515. The van der Waals surface area contributed by atoms with Gasteiger partial charge in [0.05, 0.1) is 11.1 Å². The first-order valence-electron chi connectivity index (χ1n) is 8.26. The fourth-order valence-electron chi connectivity index (χ4n) is 3.40. The average Bonchev–Trinajstić information content (AvgIpc) is 2.77. The molecule has 0 amide bonds. The second-order valence-corrected chi connectivity index (χ2v) is 7.81. The van der Waals surface area contributed by atoms with Crippen LogP contribution in [0.4, 0.5) is 13.2 Å².